The molecule has 23 heavy (non-hydrogen) atoms. The van der Waals surface area contributed by atoms with Gasteiger partial charge in [-0.1, -0.05) is 40.5 Å². The Labute approximate surface area is 145 Å². The number of nitrogens with zero attached hydrogens (tertiary/aromatic N) is 2. The highest BCUT2D eigenvalue weighted by Gasteiger charge is 2.19. The molecular weight excluding hydrogens is 333 g/mol. The van der Waals surface area contributed by atoms with Crippen molar-refractivity contribution in [2.75, 3.05) is 18.2 Å². The first kappa shape index (κ1) is 16.1. The van der Waals surface area contributed by atoms with Gasteiger partial charge in [0.2, 0.25) is 0 Å². The SMILES string of the molecule is Clc1ccc(CNCCC2=NOCN2c2ccc(Cl)cc2)cc1. The molecule has 0 aromatic heterocycles. The predicted octanol–water partition coefficient (Wildman–Crippen LogP) is 4.28. The molecule has 0 bridgehead atoms. The van der Waals surface area contributed by atoms with Crippen molar-refractivity contribution in [1.29, 1.82) is 0 Å². The van der Waals surface area contributed by atoms with Gasteiger partial charge < -0.3 is 10.2 Å². The Morgan fingerprint density at radius 1 is 1.00 bits per heavy atom. The summed E-state index contributed by atoms with van der Waals surface area (Å²) < 4.78 is 0. The molecule has 0 amide bonds. The van der Waals surface area contributed by atoms with E-state index in [1.807, 2.05) is 53.4 Å². The lowest BCUT2D eigenvalue weighted by Gasteiger charge is -2.17. The molecule has 4 nitrogen and oxygen atoms in total. The molecule has 0 fully saturated rings. The zero-order valence-corrected chi connectivity index (χ0v) is 14.0. The van der Waals surface area contributed by atoms with Gasteiger partial charge in [0.25, 0.3) is 0 Å². The largest absolute Gasteiger partial charge is 0.372 e. The van der Waals surface area contributed by atoms with Gasteiger partial charge in [0.1, 0.15) is 0 Å². The fraction of sp³-hybridized carbons (Fsp3) is 0.235. The van der Waals surface area contributed by atoms with E-state index >= 15 is 0 Å². The highest BCUT2D eigenvalue weighted by atomic mass is 35.5. The topological polar surface area (TPSA) is 36.9 Å². The van der Waals surface area contributed by atoms with Crippen molar-refractivity contribution < 1.29 is 4.84 Å². The number of amidine groups is 1. The third kappa shape index (κ3) is 4.38. The minimum atomic E-state index is 0.439. The molecule has 3 rings (SSSR count). The van der Waals surface area contributed by atoms with Gasteiger partial charge in [0, 0.05) is 35.2 Å². The molecule has 2 aromatic carbocycles. The molecule has 1 aliphatic heterocycles. The predicted molar refractivity (Wildman–Crippen MR) is 95.1 cm³/mol. The van der Waals surface area contributed by atoms with Crippen molar-refractivity contribution in [3.8, 4) is 0 Å². The van der Waals surface area contributed by atoms with Crippen molar-refractivity contribution in [1.82, 2.24) is 5.32 Å². The Hall–Kier alpha value is -1.75. The third-order valence-electron chi connectivity index (χ3n) is 3.57. The number of halogens is 2. The van der Waals surface area contributed by atoms with Gasteiger partial charge in [0.15, 0.2) is 12.6 Å². The van der Waals surface area contributed by atoms with Crippen LogP contribution in [0.15, 0.2) is 53.7 Å². The van der Waals surface area contributed by atoms with E-state index in [1.165, 1.54) is 5.56 Å². The quantitative estimate of drug-likeness (QED) is 0.790. The molecule has 2 aromatic rings. The van der Waals surface area contributed by atoms with Crippen LogP contribution in [0, 0.1) is 0 Å². The first-order valence-corrected chi connectivity index (χ1v) is 8.15. The van der Waals surface area contributed by atoms with E-state index in [9.17, 15) is 0 Å². The first-order valence-electron chi connectivity index (χ1n) is 7.39. The smallest absolute Gasteiger partial charge is 0.195 e. The van der Waals surface area contributed by atoms with Gasteiger partial charge in [-0.2, -0.15) is 0 Å². The van der Waals surface area contributed by atoms with E-state index in [1.54, 1.807) is 0 Å². The summed E-state index contributed by atoms with van der Waals surface area (Å²) in [7, 11) is 0. The molecule has 1 aliphatic rings. The van der Waals surface area contributed by atoms with Crippen LogP contribution in [0.5, 0.6) is 0 Å². The summed E-state index contributed by atoms with van der Waals surface area (Å²) in [5.41, 5.74) is 2.23. The second kappa shape index (κ2) is 7.68. The number of hydrogen-bond acceptors (Lipinski definition) is 4. The minimum absolute atomic E-state index is 0.439. The van der Waals surface area contributed by atoms with Crippen LogP contribution >= 0.6 is 23.2 Å². The Morgan fingerprint density at radius 2 is 1.65 bits per heavy atom. The van der Waals surface area contributed by atoms with Gasteiger partial charge in [-0.15, -0.1) is 0 Å². The van der Waals surface area contributed by atoms with Crippen molar-refractivity contribution in [3.05, 3.63) is 64.1 Å². The van der Waals surface area contributed by atoms with Gasteiger partial charge in [-0.05, 0) is 42.0 Å². The summed E-state index contributed by atoms with van der Waals surface area (Å²) in [6, 6.07) is 15.5. The average Bonchev–Trinajstić information content (AvgIpc) is 3.02. The fourth-order valence-electron chi connectivity index (χ4n) is 2.35. The van der Waals surface area contributed by atoms with Crippen LogP contribution in [0.1, 0.15) is 12.0 Å². The van der Waals surface area contributed by atoms with Crippen LogP contribution in [0.25, 0.3) is 0 Å². The second-order valence-corrected chi connectivity index (χ2v) is 6.10. The summed E-state index contributed by atoms with van der Waals surface area (Å²) in [6.07, 6.45) is 0.788. The zero-order chi connectivity index (χ0) is 16.1. The summed E-state index contributed by atoms with van der Waals surface area (Å²) in [5, 5.41) is 9.00. The van der Waals surface area contributed by atoms with Crippen LogP contribution < -0.4 is 10.2 Å². The van der Waals surface area contributed by atoms with Crippen molar-refractivity contribution in [3.63, 3.8) is 0 Å². The van der Waals surface area contributed by atoms with E-state index in [4.69, 9.17) is 28.0 Å². The number of rotatable bonds is 6. The molecule has 0 radical (unpaired) electrons. The molecule has 0 saturated heterocycles. The Balaban J connectivity index is 1.49. The first-order chi connectivity index (χ1) is 11.2. The number of benzene rings is 2. The third-order valence-corrected chi connectivity index (χ3v) is 4.08. The Kier molecular flexibility index (Phi) is 5.39. The second-order valence-electron chi connectivity index (χ2n) is 5.22. The molecule has 0 unspecified atom stereocenters. The summed E-state index contributed by atoms with van der Waals surface area (Å²) in [5.74, 6) is 0.913. The highest BCUT2D eigenvalue weighted by Crippen LogP contribution is 2.21. The van der Waals surface area contributed by atoms with Crippen LogP contribution in [0.3, 0.4) is 0 Å². The van der Waals surface area contributed by atoms with Gasteiger partial charge in [-0.25, -0.2) is 0 Å². The van der Waals surface area contributed by atoms with Crippen LogP contribution in [-0.4, -0.2) is 19.1 Å². The summed E-state index contributed by atoms with van der Waals surface area (Å²) >= 11 is 11.8. The zero-order valence-electron chi connectivity index (χ0n) is 12.5. The van der Waals surface area contributed by atoms with E-state index in [0.29, 0.717) is 6.73 Å². The molecule has 120 valence electrons. The fourth-order valence-corrected chi connectivity index (χ4v) is 2.60. The number of anilines is 1. The van der Waals surface area contributed by atoms with E-state index < -0.39 is 0 Å². The molecule has 1 N–H and O–H groups in total. The maximum absolute atomic E-state index is 5.93. The molecule has 1 heterocycles. The van der Waals surface area contributed by atoms with E-state index in [-0.39, 0.29) is 0 Å². The molecule has 0 spiro atoms. The van der Waals surface area contributed by atoms with E-state index in [0.717, 1.165) is 41.1 Å². The average molecular weight is 350 g/mol. The van der Waals surface area contributed by atoms with Crippen molar-refractivity contribution in [2.24, 2.45) is 5.16 Å². The Bertz CT molecular complexity index is 671. The van der Waals surface area contributed by atoms with Gasteiger partial charge >= 0.3 is 0 Å². The molecular formula is C17H17Cl2N3O. The minimum Gasteiger partial charge on any atom is -0.372 e. The van der Waals surface area contributed by atoms with Crippen LogP contribution in [0.2, 0.25) is 10.0 Å². The molecule has 0 aliphatic carbocycles. The molecule has 0 atom stereocenters. The van der Waals surface area contributed by atoms with E-state index in [2.05, 4.69) is 10.5 Å². The number of nitrogens with one attached hydrogen (secondary N) is 1. The normalized spacial score (nSPS) is 13.8. The molecule has 6 heteroatoms. The lowest BCUT2D eigenvalue weighted by Crippen LogP contribution is -2.30. The lowest BCUT2D eigenvalue weighted by atomic mass is 10.2. The number of hydrogen-bond donors (Lipinski definition) is 1. The van der Waals surface area contributed by atoms with Crippen LogP contribution in [0.4, 0.5) is 5.69 Å². The highest BCUT2D eigenvalue weighted by molar-refractivity contribution is 6.30. The summed E-state index contributed by atoms with van der Waals surface area (Å²) in [6.45, 7) is 2.05. The monoisotopic (exact) mass is 349 g/mol. The van der Waals surface area contributed by atoms with Crippen molar-refractivity contribution >= 4 is 34.7 Å². The van der Waals surface area contributed by atoms with Crippen LogP contribution in [-0.2, 0) is 11.4 Å². The van der Waals surface area contributed by atoms with Gasteiger partial charge in [0.05, 0.1) is 0 Å². The maximum atomic E-state index is 5.93. The maximum Gasteiger partial charge on any atom is 0.195 e. The Morgan fingerprint density at radius 3 is 2.35 bits per heavy atom. The lowest BCUT2D eigenvalue weighted by molar-refractivity contribution is 0.174. The number of oxime groups is 1. The van der Waals surface area contributed by atoms with Crippen molar-refractivity contribution in [2.45, 2.75) is 13.0 Å². The van der Waals surface area contributed by atoms with Gasteiger partial charge in [-0.3, -0.25) is 4.90 Å². The standard InChI is InChI=1S/C17H17Cl2N3O/c18-14-3-1-13(2-4-14)11-20-10-9-17-21-23-12-22(17)16-7-5-15(19)6-8-16/h1-8,20H,9-12H2. The summed E-state index contributed by atoms with van der Waals surface area (Å²) in [4.78, 5) is 7.26. The molecule has 0 saturated carbocycles.